The fraction of sp³-hybridized carbons (Fsp3) is 0.435. The van der Waals surface area contributed by atoms with Gasteiger partial charge in [0.05, 0.1) is 19.3 Å². The first-order chi connectivity index (χ1) is 13.8. The maximum atomic E-state index is 12.8. The largest absolute Gasteiger partial charge is 0.445 e. The number of fused-ring (bicyclic) bond motifs is 5. The number of nitrogens with zero attached hydrogens (tertiary/aromatic N) is 2. The second kappa shape index (κ2) is 7.47. The molecule has 28 heavy (non-hydrogen) atoms. The van der Waals surface area contributed by atoms with Gasteiger partial charge in [-0.3, -0.25) is 0 Å². The Balaban J connectivity index is 1.31. The van der Waals surface area contributed by atoms with Crippen LogP contribution in [-0.4, -0.2) is 43.8 Å². The van der Waals surface area contributed by atoms with E-state index < -0.39 is 0 Å². The van der Waals surface area contributed by atoms with Crippen LogP contribution in [0.5, 0.6) is 0 Å². The summed E-state index contributed by atoms with van der Waals surface area (Å²) in [6, 6.07) is 16.8. The summed E-state index contributed by atoms with van der Waals surface area (Å²) in [5.41, 5.74) is 5.03. The van der Waals surface area contributed by atoms with Crippen LogP contribution >= 0.6 is 0 Å². The molecule has 2 fully saturated rings. The maximum Gasteiger partial charge on any atom is 0.410 e. The average Bonchev–Trinajstić information content (AvgIpc) is 3.05. The molecule has 1 aliphatic carbocycles. The minimum absolute atomic E-state index is 0.149. The third kappa shape index (κ3) is 3.24. The van der Waals surface area contributed by atoms with Crippen LogP contribution < -0.4 is 4.90 Å². The van der Waals surface area contributed by atoms with E-state index in [0.717, 1.165) is 51.3 Å². The first-order valence-corrected chi connectivity index (χ1v) is 10.2. The minimum atomic E-state index is -0.197. The number of morpholine rings is 1. The van der Waals surface area contributed by atoms with Gasteiger partial charge in [-0.2, -0.15) is 0 Å². The number of piperidine rings is 1. The standard InChI is InChI=1S/C23H26N2O3/c26-23(28-16-17-4-2-1-3-5-17)25-9-8-18-14-22(25)20-7-6-19(15-21(18)20)24-10-12-27-13-11-24/h1-7,15,18,22H,8-14,16H2/t18-,22?/m0/s1. The first kappa shape index (κ1) is 17.6. The van der Waals surface area contributed by atoms with Gasteiger partial charge in [0.15, 0.2) is 0 Å². The average molecular weight is 378 g/mol. The lowest BCUT2D eigenvalue weighted by Gasteiger charge is -2.32. The maximum absolute atomic E-state index is 12.8. The normalized spacial score (nSPS) is 23.4. The molecule has 0 aromatic heterocycles. The topological polar surface area (TPSA) is 42.0 Å². The van der Waals surface area contributed by atoms with Gasteiger partial charge in [-0.05, 0) is 47.6 Å². The molecule has 2 aliphatic heterocycles. The van der Waals surface area contributed by atoms with Crippen molar-refractivity contribution in [1.29, 1.82) is 0 Å². The molecule has 2 aromatic carbocycles. The van der Waals surface area contributed by atoms with Gasteiger partial charge in [0, 0.05) is 25.3 Å². The van der Waals surface area contributed by atoms with E-state index in [-0.39, 0.29) is 12.1 Å². The van der Waals surface area contributed by atoms with Gasteiger partial charge >= 0.3 is 6.09 Å². The van der Waals surface area contributed by atoms with Gasteiger partial charge in [-0.1, -0.05) is 36.4 Å². The Hall–Kier alpha value is -2.53. The quantitative estimate of drug-likeness (QED) is 0.807. The molecule has 0 N–H and O–H groups in total. The van der Waals surface area contributed by atoms with E-state index in [0.29, 0.717) is 12.5 Å². The van der Waals surface area contributed by atoms with E-state index in [1.54, 1.807) is 0 Å². The van der Waals surface area contributed by atoms with Crippen molar-refractivity contribution in [2.24, 2.45) is 0 Å². The van der Waals surface area contributed by atoms with Crippen molar-refractivity contribution in [3.8, 4) is 0 Å². The first-order valence-electron chi connectivity index (χ1n) is 10.2. The zero-order valence-corrected chi connectivity index (χ0v) is 16.0. The third-order valence-electron chi connectivity index (χ3n) is 6.29. The molecule has 2 heterocycles. The Morgan fingerprint density at radius 1 is 1.04 bits per heavy atom. The molecule has 5 nitrogen and oxygen atoms in total. The molecule has 0 saturated carbocycles. The van der Waals surface area contributed by atoms with Crippen molar-refractivity contribution in [1.82, 2.24) is 4.90 Å². The summed E-state index contributed by atoms with van der Waals surface area (Å²) in [5.74, 6) is 0.555. The van der Waals surface area contributed by atoms with E-state index in [1.165, 1.54) is 16.8 Å². The molecule has 1 unspecified atom stereocenters. The van der Waals surface area contributed by atoms with Crippen molar-refractivity contribution >= 4 is 11.8 Å². The van der Waals surface area contributed by atoms with E-state index in [9.17, 15) is 4.79 Å². The Kier molecular flexibility index (Phi) is 4.69. The highest BCUT2D eigenvalue weighted by atomic mass is 16.6. The predicted molar refractivity (Wildman–Crippen MR) is 108 cm³/mol. The van der Waals surface area contributed by atoms with E-state index in [4.69, 9.17) is 9.47 Å². The molecule has 5 rings (SSSR count). The second-order valence-corrected chi connectivity index (χ2v) is 7.88. The zero-order chi connectivity index (χ0) is 18.9. The number of hydrogen-bond donors (Lipinski definition) is 0. The minimum Gasteiger partial charge on any atom is -0.445 e. The van der Waals surface area contributed by atoms with Gasteiger partial charge in [0.1, 0.15) is 6.61 Å². The number of ether oxygens (including phenoxy) is 2. The van der Waals surface area contributed by atoms with Crippen molar-refractivity contribution < 1.29 is 14.3 Å². The smallest absolute Gasteiger partial charge is 0.410 e. The molecule has 0 spiro atoms. The molecule has 3 aliphatic rings. The highest BCUT2D eigenvalue weighted by Gasteiger charge is 2.41. The van der Waals surface area contributed by atoms with Gasteiger partial charge < -0.3 is 19.3 Å². The molecule has 146 valence electrons. The number of carbonyl (C=O) groups is 1. The monoisotopic (exact) mass is 378 g/mol. The predicted octanol–water partition coefficient (Wildman–Crippen LogP) is 4.09. The zero-order valence-electron chi connectivity index (χ0n) is 16.0. The van der Waals surface area contributed by atoms with Gasteiger partial charge in [-0.15, -0.1) is 0 Å². The molecule has 0 radical (unpaired) electrons. The van der Waals surface area contributed by atoms with Crippen molar-refractivity contribution in [2.45, 2.75) is 31.4 Å². The SMILES string of the molecule is O=C(OCc1ccccc1)N1CC[C@H]2CC1c1ccc(N3CCOCC3)cc12. The number of likely N-dealkylation sites (tertiary alicyclic amines) is 1. The Morgan fingerprint density at radius 2 is 1.86 bits per heavy atom. The molecular weight excluding hydrogens is 352 g/mol. The van der Waals surface area contributed by atoms with Crippen LogP contribution in [0.25, 0.3) is 0 Å². The van der Waals surface area contributed by atoms with Crippen molar-refractivity contribution in [2.75, 3.05) is 37.7 Å². The lowest BCUT2D eigenvalue weighted by atomic mass is 9.95. The molecule has 2 atom stereocenters. The molecule has 2 aromatic rings. The lowest BCUT2D eigenvalue weighted by Crippen LogP contribution is -2.37. The summed E-state index contributed by atoms with van der Waals surface area (Å²) < 4.78 is 11.1. The Morgan fingerprint density at radius 3 is 2.68 bits per heavy atom. The summed E-state index contributed by atoms with van der Waals surface area (Å²) in [6.07, 6.45) is 1.83. The number of hydrogen-bond acceptors (Lipinski definition) is 4. The summed E-state index contributed by atoms with van der Waals surface area (Å²) in [6.45, 7) is 4.59. The van der Waals surface area contributed by atoms with Crippen LogP contribution in [-0.2, 0) is 16.1 Å². The number of rotatable bonds is 3. The third-order valence-corrected chi connectivity index (χ3v) is 6.29. The number of anilines is 1. The fourth-order valence-electron chi connectivity index (χ4n) is 4.80. The summed E-state index contributed by atoms with van der Waals surface area (Å²) in [5, 5.41) is 0. The van der Waals surface area contributed by atoms with Crippen molar-refractivity contribution in [3.05, 3.63) is 65.2 Å². The van der Waals surface area contributed by atoms with Crippen LogP contribution in [0.4, 0.5) is 10.5 Å². The van der Waals surface area contributed by atoms with Crippen LogP contribution in [0, 0.1) is 0 Å². The van der Waals surface area contributed by atoms with Gasteiger partial charge in [0.25, 0.3) is 0 Å². The summed E-state index contributed by atoms with van der Waals surface area (Å²) in [7, 11) is 0. The number of benzene rings is 2. The Labute approximate surface area is 165 Å². The summed E-state index contributed by atoms with van der Waals surface area (Å²) >= 11 is 0. The van der Waals surface area contributed by atoms with Crippen LogP contribution in [0.15, 0.2) is 48.5 Å². The Bertz CT molecular complexity index is 848. The van der Waals surface area contributed by atoms with Crippen LogP contribution in [0.3, 0.4) is 0 Å². The summed E-state index contributed by atoms with van der Waals surface area (Å²) in [4.78, 5) is 17.1. The molecular formula is C23H26N2O3. The van der Waals surface area contributed by atoms with Crippen LogP contribution in [0.1, 0.15) is 41.5 Å². The number of carbonyl (C=O) groups excluding carboxylic acids is 1. The van der Waals surface area contributed by atoms with E-state index in [2.05, 4.69) is 23.1 Å². The van der Waals surface area contributed by atoms with E-state index in [1.807, 2.05) is 35.2 Å². The van der Waals surface area contributed by atoms with Crippen LogP contribution in [0.2, 0.25) is 0 Å². The number of amides is 1. The van der Waals surface area contributed by atoms with Crippen molar-refractivity contribution in [3.63, 3.8) is 0 Å². The molecule has 2 saturated heterocycles. The van der Waals surface area contributed by atoms with Gasteiger partial charge in [-0.25, -0.2) is 4.79 Å². The second-order valence-electron chi connectivity index (χ2n) is 7.88. The molecule has 5 heteroatoms. The van der Waals surface area contributed by atoms with Gasteiger partial charge in [0.2, 0.25) is 0 Å². The lowest BCUT2D eigenvalue weighted by molar-refractivity contribution is 0.0694. The highest BCUT2D eigenvalue weighted by Crippen LogP contribution is 2.50. The molecule has 1 amide bonds. The molecule has 2 bridgehead atoms. The fourth-order valence-corrected chi connectivity index (χ4v) is 4.80. The van der Waals surface area contributed by atoms with E-state index >= 15 is 0 Å². The highest BCUT2D eigenvalue weighted by molar-refractivity contribution is 5.70.